The van der Waals surface area contributed by atoms with Crippen LogP contribution in [0.5, 0.6) is 0 Å². The number of primary amides is 1. The van der Waals surface area contributed by atoms with E-state index in [9.17, 15) is 9.18 Å². The van der Waals surface area contributed by atoms with E-state index in [0.717, 1.165) is 49.9 Å². The summed E-state index contributed by atoms with van der Waals surface area (Å²) in [7, 11) is 0. The van der Waals surface area contributed by atoms with Crippen molar-refractivity contribution in [2.24, 2.45) is 10.7 Å². The summed E-state index contributed by atoms with van der Waals surface area (Å²) in [5.41, 5.74) is 7.82. The maximum absolute atomic E-state index is 13.1. The van der Waals surface area contributed by atoms with Gasteiger partial charge in [-0.1, -0.05) is 12.1 Å². The fraction of sp³-hybridized carbons (Fsp3) is 0.333. The van der Waals surface area contributed by atoms with E-state index in [1.807, 2.05) is 31.2 Å². The van der Waals surface area contributed by atoms with E-state index in [1.54, 1.807) is 12.1 Å². The van der Waals surface area contributed by atoms with Crippen LogP contribution in [-0.4, -0.2) is 49.5 Å². The SMILES string of the molecule is CCNC(=NCc1cccc(C(N)=O)c1)N1CCN(c2ccc(F)cc2)CC1.I. The number of carbonyl (C=O) groups excluding carboxylic acids is 1. The highest BCUT2D eigenvalue weighted by molar-refractivity contribution is 14.0. The second-order valence-corrected chi connectivity index (χ2v) is 6.69. The molecular weight excluding hydrogens is 484 g/mol. The van der Waals surface area contributed by atoms with Gasteiger partial charge in [0.1, 0.15) is 5.82 Å². The Bertz CT molecular complexity index is 835. The van der Waals surface area contributed by atoms with Crippen molar-refractivity contribution in [2.75, 3.05) is 37.6 Å². The Morgan fingerprint density at radius 1 is 1.14 bits per heavy atom. The highest BCUT2D eigenvalue weighted by Gasteiger charge is 2.19. The van der Waals surface area contributed by atoms with Crippen LogP contribution in [-0.2, 0) is 6.54 Å². The number of nitrogens with one attached hydrogen (secondary N) is 1. The maximum Gasteiger partial charge on any atom is 0.248 e. The molecule has 1 fully saturated rings. The first-order valence-electron chi connectivity index (χ1n) is 9.49. The van der Waals surface area contributed by atoms with Gasteiger partial charge in [0, 0.05) is 44.0 Å². The molecule has 6 nitrogen and oxygen atoms in total. The number of hydrogen-bond donors (Lipinski definition) is 2. The Labute approximate surface area is 188 Å². The van der Waals surface area contributed by atoms with Gasteiger partial charge in [-0.05, 0) is 48.9 Å². The van der Waals surface area contributed by atoms with Gasteiger partial charge in [0.2, 0.25) is 5.91 Å². The summed E-state index contributed by atoms with van der Waals surface area (Å²) in [6, 6.07) is 13.9. The van der Waals surface area contributed by atoms with Crippen LogP contribution in [0.15, 0.2) is 53.5 Å². The predicted molar refractivity (Wildman–Crippen MR) is 125 cm³/mol. The number of carbonyl (C=O) groups is 1. The van der Waals surface area contributed by atoms with Crippen molar-refractivity contribution >= 4 is 41.5 Å². The summed E-state index contributed by atoms with van der Waals surface area (Å²) < 4.78 is 13.1. The van der Waals surface area contributed by atoms with E-state index in [0.29, 0.717) is 12.1 Å². The smallest absolute Gasteiger partial charge is 0.248 e. The van der Waals surface area contributed by atoms with E-state index in [2.05, 4.69) is 15.1 Å². The average molecular weight is 511 g/mol. The van der Waals surface area contributed by atoms with E-state index >= 15 is 0 Å². The number of hydrogen-bond acceptors (Lipinski definition) is 3. The minimum Gasteiger partial charge on any atom is -0.368 e. The Morgan fingerprint density at radius 3 is 2.45 bits per heavy atom. The van der Waals surface area contributed by atoms with Gasteiger partial charge in [0.05, 0.1) is 6.54 Å². The highest BCUT2D eigenvalue weighted by atomic mass is 127. The molecule has 3 N–H and O–H groups in total. The maximum atomic E-state index is 13.1. The number of nitrogens with zero attached hydrogens (tertiary/aromatic N) is 3. The van der Waals surface area contributed by atoms with Gasteiger partial charge in [0.25, 0.3) is 0 Å². The molecule has 0 radical (unpaired) electrons. The van der Waals surface area contributed by atoms with Crippen LogP contribution in [0.3, 0.4) is 0 Å². The molecule has 0 aromatic heterocycles. The summed E-state index contributed by atoms with van der Waals surface area (Å²) in [5.74, 6) is 0.199. The number of guanidine groups is 1. The van der Waals surface area contributed by atoms with Crippen molar-refractivity contribution in [2.45, 2.75) is 13.5 Å². The number of piperazine rings is 1. The van der Waals surface area contributed by atoms with Crippen LogP contribution in [0.1, 0.15) is 22.8 Å². The largest absolute Gasteiger partial charge is 0.368 e. The van der Waals surface area contributed by atoms with Gasteiger partial charge >= 0.3 is 0 Å². The molecule has 1 amide bonds. The Hall–Kier alpha value is -2.36. The number of rotatable bonds is 5. The van der Waals surface area contributed by atoms with Gasteiger partial charge in [-0.3, -0.25) is 4.79 Å². The third-order valence-electron chi connectivity index (χ3n) is 4.73. The van der Waals surface area contributed by atoms with Crippen molar-refractivity contribution in [1.29, 1.82) is 0 Å². The first-order chi connectivity index (χ1) is 13.6. The molecule has 0 unspecified atom stereocenters. The fourth-order valence-corrected chi connectivity index (χ4v) is 3.24. The van der Waals surface area contributed by atoms with Crippen LogP contribution in [0.4, 0.5) is 10.1 Å². The van der Waals surface area contributed by atoms with Gasteiger partial charge in [0.15, 0.2) is 5.96 Å². The van der Waals surface area contributed by atoms with Crippen LogP contribution < -0.4 is 16.0 Å². The standard InChI is InChI=1S/C21H26FN5O.HI/c1-2-24-21(25-15-16-4-3-5-17(14-16)20(23)28)27-12-10-26(11-13-27)19-8-6-18(22)7-9-19;/h3-9,14H,2,10-13,15H2,1H3,(H2,23,28)(H,24,25);1H. The summed E-state index contributed by atoms with van der Waals surface area (Å²) in [6.07, 6.45) is 0. The predicted octanol–water partition coefficient (Wildman–Crippen LogP) is 2.83. The second kappa shape index (κ2) is 11.0. The minimum atomic E-state index is -0.436. The first kappa shape index (κ1) is 22.9. The third-order valence-corrected chi connectivity index (χ3v) is 4.73. The van der Waals surface area contributed by atoms with Crippen molar-refractivity contribution in [3.8, 4) is 0 Å². The number of nitrogens with two attached hydrogens (primary N) is 1. The molecule has 2 aromatic carbocycles. The molecule has 1 heterocycles. The molecule has 2 aromatic rings. The number of anilines is 1. The summed E-state index contributed by atoms with van der Waals surface area (Å²) in [4.78, 5) is 20.5. The van der Waals surface area contributed by atoms with Crippen LogP contribution in [0, 0.1) is 5.82 Å². The number of halogens is 2. The van der Waals surface area contributed by atoms with Gasteiger partial charge in [-0.25, -0.2) is 9.38 Å². The molecule has 3 rings (SSSR count). The van der Waals surface area contributed by atoms with Crippen molar-refractivity contribution in [3.63, 3.8) is 0 Å². The third kappa shape index (κ3) is 6.31. The molecule has 0 bridgehead atoms. The quantitative estimate of drug-likeness (QED) is 0.368. The minimum absolute atomic E-state index is 0. The average Bonchev–Trinajstić information content (AvgIpc) is 2.72. The number of amides is 1. The Morgan fingerprint density at radius 2 is 1.83 bits per heavy atom. The lowest BCUT2D eigenvalue weighted by Crippen LogP contribution is -2.52. The Kier molecular flexibility index (Phi) is 8.69. The lowest BCUT2D eigenvalue weighted by atomic mass is 10.1. The lowest BCUT2D eigenvalue weighted by Gasteiger charge is -2.37. The van der Waals surface area contributed by atoms with Crippen LogP contribution in [0.25, 0.3) is 0 Å². The van der Waals surface area contributed by atoms with E-state index < -0.39 is 5.91 Å². The van der Waals surface area contributed by atoms with Crippen molar-refractivity contribution < 1.29 is 9.18 Å². The zero-order chi connectivity index (χ0) is 19.9. The monoisotopic (exact) mass is 511 g/mol. The van der Waals surface area contributed by atoms with Crippen LogP contribution in [0.2, 0.25) is 0 Å². The topological polar surface area (TPSA) is 74.0 Å². The normalized spacial score (nSPS) is 14.3. The molecular formula is C21H27FIN5O. The van der Waals surface area contributed by atoms with E-state index in [-0.39, 0.29) is 29.8 Å². The molecule has 156 valence electrons. The second-order valence-electron chi connectivity index (χ2n) is 6.69. The van der Waals surface area contributed by atoms with Gasteiger partial charge < -0.3 is 20.9 Å². The summed E-state index contributed by atoms with van der Waals surface area (Å²) in [5, 5.41) is 3.34. The molecule has 8 heteroatoms. The zero-order valence-electron chi connectivity index (χ0n) is 16.5. The van der Waals surface area contributed by atoms with Crippen LogP contribution >= 0.6 is 24.0 Å². The van der Waals surface area contributed by atoms with Gasteiger partial charge in [-0.15, -0.1) is 24.0 Å². The molecule has 1 aliphatic rings. The van der Waals surface area contributed by atoms with Crippen molar-refractivity contribution in [1.82, 2.24) is 10.2 Å². The molecule has 0 spiro atoms. The number of benzene rings is 2. The number of aliphatic imine (C=N–C) groups is 1. The molecule has 1 saturated heterocycles. The molecule has 0 aliphatic carbocycles. The Balaban J connectivity index is 0.00000300. The van der Waals surface area contributed by atoms with E-state index in [4.69, 9.17) is 10.7 Å². The molecule has 0 saturated carbocycles. The van der Waals surface area contributed by atoms with Crippen molar-refractivity contribution in [3.05, 3.63) is 65.5 Å². The lowest BCUT2D eigenvalue weighted by molar-refractivity contribution is 0.1000. The first-order valence-corrected chi connectivity index (χ1v) is 9.49. The fourth-order valence-electron chi connectivity index (χ4n) is 3.24. The van der Waals surface area contributed by atoms with Gasteiger partial charge in [-0.2, -0.15) is 0 Å². The zero-order valence-corrected chi connectivity index (χ0v) is 18.8. The molecule has 29 heavy (non-hydrogen) atoms. The summed E-state index contributed by atoms with van der Waals surface area (Å²) >= 11 is 0. The highest BCUT2D eigenvalue weighted by Crippen LogP contribution is 2.17. The molecule has 1 aliphatic heterocycles. The van der Waals surface area contributed by atoms with E-state index in [1.165, 1.54) is 12.1 Å². The summed E-state index contributed by atoms with van der Waals surface area (Å²) in [6.45, 7) is 6.62. The molecule has 0 atom stereocenters.